The Morgan fingerprint density at radius 3 is 2.78 bits per heavy atom. The number of sulfonamides is 1. The van der Waals surface area contributed by atoms with Crippen LogP contribution in [0.5, 0.6) is 0 Å². The Morgan fingerprint density at radius 2 is 2.22 bits per heavy atom. The molecule has 0 aliphatic rings. The van der Waals surface area contributed by atoms with Crippen LogP contribution in [0.2, 0.25) is 0 Å². The molecule has 2 N–H and O–H groups in total. The van der Waals surface area contributed by atoms with E-state index >= 15 is 0 Å². The first kappa shape index (κ1) is 12.8. The number of nitrogens with one attached hydrogen (secondary N) is 2. The molecule has 0 saturated heterocycles. The third kappa shape index (κ3) is 3.17. The summed E-state index contributed by atoms with van der Waals surface area (Å²) in [6.45, 7) is 3.75. The fourth-order valence-electron chi connectivity index (χ4n) is 1.47. The number of H-pyrrole nitrogens is 1. The molecule has 0 aromatic carbocycles. The standard InChI is InChI=1S/C10H14N4O3S/c1-7-3-10(14-17-7)6-18(15,16)12-5-9-4-11-13-8(9)2/h3-4,12H,5-6H2,1-2H3,(H,11,13). The summed E-state index contributed by atoms with van der Waals surface area (Å²) >= 11 is 0. The van der Waals surface area contributed by atoms with Crippen molar-refractivity contribution in [1.82, 2.24) is 20.1 Å². The van der Waals surface area contributed by atoms with E-state index in [-0.39, 0.29) is 12.3 Å². The van der Waals surface area contributed by atoms with Crippen LogP contribution in [0.4, 0.5) is 0 Å². The molecule has 8 heteroatoms. The fourth-order valence-corrected chi connectivity index (χ4v) is 2.48. The lowest BCUT2D eigenvalue weighted by Gasteiger charge is -2.03. The van der Waals surface area contributed by atoms with E-state index in [0.717, 1.165) is 11.3 Å². The maximum Gasteiger partial charge on any atom is 0.217 e. The molecule has 0 atom stereocenters. The zero-order valence-electron chi connectivity index (χ0n) is 10.1. The third-order valence-corrected chi connectivity index (χ3v) is 3.69. The summed E-state index contributed by atoms with van der Waals surface area (Å²) in [6, 6.07) is 1.60. The summed E-state index contributed by atoms with van der Waals surface area (Å²) in [7, 11) is -3.43. The van der Waals surface area contributed by atoms with Crippen molar-refractivity contribution in [2.24, 2.45) is 0 Å². The SMILES string of the molecule is Cc1cc(CS(=O)(=O)NCc2cn[nH]c2C)no1. The highest BCUT2D eigenvalue weighted by Gasteiger charge is 2.15. The average molecular weight is 270 g/mol. The minimum absolute atomic E-state index is 0.193. The van der Waals surface area contributed by atoms with Gasteiger partial charge in [-0.25, -0.2) is 13.1 Å². The van der Waals surface area contributed by atoms with Gasteiger partial charge in [-0.2, -0.15) is 5.10 Å². The molecular formula is C10H14N4O3S. The van der Waals surface area contributed by atoms with Gasteiger partial charge in [0, 0.05) is 23.9 Å². The summed E-state index contributed by atoms with van der Waals surface area (Å²) < 4.78 is 30.9. The molecule has 18 heavy (non-hydrogen) atoms. The monoisotopic (exact) mass is 270 g/mol. The lowest BCUT2D eigenvalue weighted by molar-refractivity contribution is 0.392. The zero-order valence-corrected chi connectivity index (χ0v) is 10.9. The van der Waals surface area contributed by atoms with Crippen LogP contribution < -0.4 is 4.72 Å². The van der Waals surface area contributed by atoms with E-state index in [9.17, 15) is 8.42 Å². The van der Waals surface area contributed by atoms with Crippen molar-refractivity contribution in [3.63, 3.8) is 0 Å². The van der Waals surface area contributed by atoms with Gasteiger partial charge >= 0.3 is 0 Å². The average Bonchev–Trinajstić information content (AvgIpc) is 2.85. The first-order valence-electron chi connectivity index (χ1n) is 5.34. The number of rotatable bonds is 5. The topological polar surface area (TPSA) is 101 Å². The van der Waals surface area contributed by atoms with Crippen molar-refractivity contribution >= 4 is 10.0 Å². The van der Waals surface area contributed by atoms with Crippen LogP contribution in [0.15, 0.2) is 16.8 Å². The molecule has 0 aliphatic carbocycles. The maximum absolute atomic E-state index is 11.8. The van der Waals surface area contributed by atoms with E-state index in [1.54, 1.807) is 19.2 Å². The highest BCUT2D eigenvalue weighted by Crippen LogP contribution is 2.07. The predicted molar refractivity (Wildman–Crippen MR) is 64.0 cm³/mol. The lowest BCUT2D eigenvalue weighted by Crippen LogP contribution is -2.25. The summed E-state index contributed by atoms with van der Waals surface area (Å²) in [5.41, 5.74) is 2.05. The Labute approximate surface area is 105 Å². The molecule has 2 aromatic heterocycles. The van der Waals surface area contributed by atoms with Gasteiger partial charge in [-0.3, -0.25) is 5.10 Å². The molecule has 2 rings (SSSR count). The van der Waals surface area contributed by atoms with Gasteiger partial charge in [0.2, 0.25) is 10.0 Å². The Balaban J connectivity index is 1.98. The summed E-state index contributed by atoms with van der Waals surface area (Å²) in [6.07, 6.45) is 1.60. The van der Waals surface area contributed by atoms with Gasteiger partial charge in [0.05, 0.1) is 6.20 Å². The molecule has 0 saturated carbocycles. The van der Waals surface area contributed by atoms with E-state index in [4.69, 9.17) is 4.52 Å². The molecule has 0 fully saturated rings. The van der Waals surface area contributed by atoms with Crippen LogP contribution in [0.1, 0.15) is 22.7 Å². The van der Waals surface area contributed by atoms with Crippen molar-refractivity contribution in [3.8, 4) is 0 Å². The smallest absolute Gasteiger partial charge is 0.217 e. The molecule has 0 aliphatic heterocycles. The van der Waals surface area contributed by atoms with Gasteiger partial charge in [-0.05, 0) is 13.8 Å². The molecule has 2 aromatic rings. The molecule has 0 unspecified atom stereocenters. The van der Waals surface area contributed by atoms with Crippen molar-refractivity contribution in [3.05, 3.63) is 35.0 Å². The van der Waals surface area contributed by atoms with Crippen molar-refractivity contribution in [2.45, 2.75) is 26.1 Å². The Morgan fingerprint density at radius 1 is 1.44 bits per heavy atom. The highest BCUT2D eigenvalue weighted by molar-refractivity contribution is 7.88. The lowest BCUT2D eigenvalue weighted by atomic mass is 10.3. The van der Waals surface area contributed by atoms with Gasteiger partial charge in [0.1, 0.15) is 17.2 Å². The molecule has 0 spiro atoms. The minimum Gasteiger partial charge on any atom is -0.361 e. The van der Waals surface area contributed by atoms with Gasteiger partial charge < -0.3 is 4.52 Å². The summed E-state index contributed by atoms with van der Waals surface area (Å²) in [5.74, 6) is 0.396. The molecule has 0 radical (unpaired) electrons. The van der Waals surface area contributed by atoms with Crippen LogP contribution in [0.25, 0.3) is 0 Å². The van der Waals surface area contributed by atoms with Gasteiger partial charge in [-0.15, -0.1) is 0 Å². The van der Waals surface area contributed by atoms with Crippen LogP contribution in [0, 0.1) is 13.8 Å². The van der Waals surface area contributed by atoms with Gasteiger partial charge in [0.15, 0.2) is 0 Å². The second kappa shape index (κ2) is 4.91. The maximum atomic E-state index is 11.8. The second-order valence-corrected chi connectivity index (χ2v) is 5.84. The molecule has 0 amide bonds. The van der Waals surface area contributed by atoms with Crippen LogP contribution in [0.3, 0.4) is 0 Å². The second-order valence-electron chi connectivity index (χ2n) is 4.03. The minimum atomic E-state index is -3.43. The summed E-state index contributed by atoms with van der Waals surface area (Å²) in [4.78, 5) is 0. The van der Waals surface area contributed by atoms with Crippen molar-refractivity contribution in [1.29, 1.82) is 0 Å². The van der Waals surface area contributed by atoms with Crippen LogP contribution in [-0.2, 0) is 22.3 Å². The Bertz CT molecular complexity index is 629. The van der Waals surface area contributed by atoms with Crippen LogP contribution in [-0.4, -0.2) is 23.8 Å². The van der Waals surface area contributed by atoms with Gasteiger partial charge in [-0.1, -0.05) is 5.16 Å². The van der Waals surface area contributed by atoms with E-state index in [2.05, 4.69) is 20.1 Å². The van der Waals surface area contributed by atoms with Crippen molar-refractivity contribution < 1.29 is 12.9 Å². The molecular weight excluding hydrogens is 256 g/mol. The number of aryl methyl sites for hydroxylation is 2. The molecule has 7 nitrogen and oxygen atoms in total. The molecule has 98 valence electrons. The van der Waals surface area contributed by atoms with Crippen molar-refractivity contribution in [2.75, 3.05) is 0 Å². The van der Waals surface area contributed by atoms with Crippen LogP contribution >= 0.6 is 0 Å². The van der Waals surface area contributed by atoms with E-state index in [1.165, 1.54) is 0 Å². The first-order chi connectivity index (χ1) is 8.46. The Kier molecular flexibility index (Phi) is 3.48. The Hall–Kier alpha value is -1.67. The largest absolute Gasteiger partial charge is 0.361 e. The number of hydrogen-bond acceptors (Lipinski definition) is 5. The third-order valence-electron chi connectivity index (χ3n) is 2.43. The number of aromatic nitrogens is 3. The van der Waals surface area contributed by atoms with E-state index < -0.39 is 10.0 Å². The fraction of sp³-hybridized carbons (Fsp3) is 0.400. The number of hydrogen-bond donors (Lipinski definition) is 2. The number of aromatic amines is 1. The normalized spacial score (nSPS) is 11.9. The first-order valence-corrected chi connectivity index (χ1v) is 7.00. The zero-order chi connectivity index (χ0) is 13.2. The highest BCUT2D eigenvalue weighted by atomic mass is 32.2. The summed E-state index contributed by atoms with van der Waals surface area (Å²) in [5, 5.41) is 10.2. The molecule has 2 heterocycles. The van der Waals surface area contributed by atoms with Gasteiger partial charge in [0.25, 0.3) is 0 Å². The van der Waals surface area contributed by atoms with E-state index in [1.807, 2.05) is 6.92 Å². The number of nitrogens with zero attached hydrogens (tertiary/aromatic N) is 2. The predicted octanol–water partition coefficient (Wildman–Crippen LogP) is 0.634. The quantitative estimate of drug-likeness (QED) is 0.830. The molecule has 0 bridgehead atoms. The van der Waals surface area contributed by atoms with E-state index in [0.29, 0.717) is 11.5 Å².